The molecular formula is C13H16N4O2S. The molecule has 1 heterocycles. The van der Waals surface area contributed by atoms with Gasteiger partial charge < -0.3 is 5.73 Å². The fraction of sp³-hybridized carbons (Fsp3) is 0.231. The van der Waals surface area contributed by atoms with Gasteiger partial charge in [0.1, 0.15) is 5.82 Å². The number of nitrogen functional groups attached to an aromatic ring is 1. The third kappa shape index (κ3) is 2.94. The molecule has 6 nitrogen and oxygen atoms in total. The predicted octanol–water partition coefficient (Wildman–Crippen LogP) is 1.50. The molecule has 20 heavy (non-hydrogen) atoms. The van der Waals surface area contributed by atoms with Crippen LogP contribution >= 0.6 is 0 Å². The van der Waals surface area contributed by atoms with E-state index in [1.807, 2.05) is 13.8 Å². The van der Waals surface area contributed by atoms with E-state index in [1.54, 1.807) is 12.1 Å². The summed E-state index contributed by atoms with van der Waals surface area (Å²) in [6.07, 6.45) is 1.52. The molecule has 1 aromatic heterocycles. The van der Waals surface area contributed by atoms with E-state index in [0.29, 0.717) is 22.8 Å². The molecule has 2 aromatic rings. The van der Waals surface area contributed by atoms with Gasteiger partial charge in [-0.25, -0.2) is 23.5 Å². The average molecular weight is 292 g/mol. The van der Waals surface area contributed by atoms with Crippen molar-refractivity contribution in [3.8, 4) is 11.3 Å². The van der Waals surface area contributed by atoms with Gasteiger partial charge >= 0.3 is 0 Å². The van der Waals surface area contributed by atoms with Crippen LogP contribution < -0.4 is 10.9 Å². The van der Waals surface area contributed by atoms with Gasteiger partial charge in [-0.1, -0.05) is 26.0 Å². The van der Waals surface area contributed by atoms with Crippen LogP contribution in [0, 0.1) is 0 Å². The molecule has 0 spiro atoms. The van der Waals surface area contributed by atoms with E-state index in [1.165, 1.54) is 18.3 Å². The summed E-state index contributed by atoms with van der Waals surface area (Å²) in [5.74, 6) is 0.509. The van der Waals surface area contributed by atoms with Crippen LogP contribution in [0.15, 0.2) is 35.4 Å². The summed E-state index contributed by atoms with van der Waals surface area (Å²) < 4.78 is 22.7. The second-order valence-corrected chi connectivity index (χ2v) is 6.31. The number of nitrogens with two attached hydrogens (primary N) is 2. The Balaban J connectivity index is 2.55. The quantitative estimate of drug-likeness (QED) is 0.890. The number of hydrogen-bond donors (Lipinski definition) is 2. The maximum Gasteiger partial charge on any atom is 0.238 e. The first kappa shape index (κ1) is 14.4. The Bertz CT molecular complexity index is 742. The largest absolute Gasteiger partial charge is 0.382 e. The van der Waals surface area contributed by atoms with Gasteiger partial charge in [0.2, 0.25) is 10.0 Å². The molecule has 0 atom stereocenters. The first-order valence-electron chi connectivity index (χ1n) is 6.04. The van der Waals surface area contributed by atoms with Crippen LogP contribution in [0.5, 0.6) is 0 Å². The van der Waals surface area contributed by atoms with Crippen LogP contribution in [0.1, 0.15) is 25.5 Å². The van der Waals surface area contributed by atoms with Gasteiger partial charge in [-0.15, -0.1) is 0 Å². The van der Waals surface area contributed by atoms with E-state index in [9.17, 15) is 8.42 Å². The van der Waals surface area contributed by atoms with Crippen molar-refractivity contribution in [1.29, 1.82) is 0 Å². The maximum atomic E-state index is 11.4. The molecule has 0 amide bonds. The predicted molar refractivity (Wildman–Crippen MR) is 77.3 cm³/mol. The monoisotopic (exact) mass is 292 g/mol. The van der Waals surface area contributed by atoms with Gasteiger partial charge in [-0.2, -0.15) is 0 Å². The lowest BCUT2D eigenvalue weighted by atomic mass is 10.1. The van der Waals surface area contributed by atoms with Crippen molar-refractivity contribution in [3.05, 3.63) is 36.2 Å². The molecular weight excluding hydrogens is 276 g/mol. The highest BCUT2D eigenvalue weighted by molar-refractivity contribution is 7.89. The first-order valence-corrected chi connectivity index (χ1v) is 7.59. The van der Waals surface area contributed by atoms with Gasteiger partial charge in [-0.05, 0) is 18.1 Å². The third-order valence-corrected chi connectivity index (χ3v) is 3.75. The number of sulfonamides is 1. The summed E-state index contributed by atoms with van der Waals surface area (Å²) in [6.45, 7) is 3.93. The fourth-order valence-corrected chi connectivity index (χ4v) is 2.37. The zero-order valence-corrected chi connectivity index (χ0v) is 12.1. The van der Waals surface area contributed by atoms with E-state index in [0.717, 1.165) is 0 Å². The van der Waals surface area contributed by atoms with Gasteiger partial charge in [0, 0.05) is 5.56 Å². The molecule has 4 N–H and O–H groups in total. The van der Waals surface area contributed by atoms with Crippen molar-refractivity contribution < 1.29 is 8.42 Å². The molecule has 2 rings (SSSR count). The summed E-state index contributed by atoms with van der Waals surface area (Å²) in [7, 11) is -3.74. The lowest BCUT2D eigenvalue weighted by Gasteiger charge is -2.10. The van der Waals surface area contributed by atoms with Crippen LogP contribution in [-0.2, 0) is 10.0 Å². The van der Waals surface area contributed by atoms with Crippen molar-refractivity contribution in [3.63, 3.8) is 0 Å². The lowest BCUT2D eigenvalue weighted by Crippen LogP contribution is -2.12. The normalized spacial score (nSPS) is 11.8. The van der Waals surface area contributed by atoms with Crippen molar-refractivity contribution in [2.24, 2.45) is 5.14 Å². The molecule has 0 aliphatic rings. The first-order chi connectivity index (χ1) is 9.29. The fourth-order valence-electron chi connectivity index (χ4n) is 1.81. The van der Waals surface area contributed by atoms with Crippen molar-refractivity contribution in [1.82, 2.24) is 9.97 Å². The summed E-state index contributed by atoms with van der Waals surface area (Å²) in [5.41, 5.74) is 7.66. The molecule has 0 aliphatic carbocycles. The van der Waals surface area contributed by atoms with Crippen LogP contribution in [0.3, 0.4) is 0 Å². The standard InChI is InChI=1S/C13H16N4O2S/c1-8(2)12-13(14)16-7-11(17-12)9-4-3-5-10(6-9)20(15,18)19/h3-8H,1-2H3,(H2,14,16)(H2,15,18,19). The number of benzene rings is 1. The molecule has 0 fully saturated rings. The van der Waals surface area contributed by atoms with Crippen molar-refractivity contribution in [2.45, 2.75) is 24.7 Å². The molecule has 0 aliphatic heterocycles. The van der Waals surface area contributed by atoms with E-state index in [2.05, 4.69) is 9.97 Å². The van der Waals surface area contributed by atoms with Gasteiger partial charge in [0.05, 0.1) is 22.5 Å². The Labute approximate surface area is 117 Å². The molecule has 0 unspecified atom stereocenters. The second-order valence-electron chi connectivity index (χ2n) is 4.75. The second kappa shape index (κ2) is 5.18. The van der Waals surface area contributed by atoms with Gasteiger partial charge in [0.15, 0.2) is 0 Å². The zero-order chi connectivity index (χ0) is 14.9. The highest BCUT2D eigenvalue weighted by Gasteiger charge is 2.12. The number of primary sulfonamides is 1. The Morgan fingerprint density at radius 1 is 1.25 bits per heavy atom. The van der Waals surface area contributed by atoms with Crippen LogP contribution in [0.2, 0.25) is 0 Å². The maximum absolute atomic E-state index is 11.4. The highest BCUT2D eigenvalue weighted by Crippen LogP contribution is 2.24. The van der Waals surface area contributed by atoms with Crippen LogP contribution in [0.25, 0.3) is 11.3 Å². The number of aromatic nitrogens is 2. The minimum Gasteiger partial charge on any atom is -0.382 e. The molecule has 106 valence electrons. The Morgan fingerprint density at radius 3 is 2.55 bits per heavy atom. The smallest absolute Gasteiger partial charge is 0.238 e. The Hall–Kier alpha value is -1.99. The summed E-state index contributed by atoms with van der Waals surface area (Å²) in [6, 6.07) is 6.27. The third-order valence-electron chi connectivity index (χ3n) is 2.83. The minimum atomic E-state index is -3.74. The minimum absolute atomic E-state index is 0.0414. The van der Waals surface area contributed by atoms with Gasteiger partial charge in [-0.3, -0.25) is 0 Å². The highest BCUT2D eigenvalue weighted by atomic mass is 32.2. The van der Waals surface area contributed by atoms with Gasteiger partial charge in [0.25, 0.3) is 0 Å². The zero-order valence-electron chi connectivity index (χ0n) is 11.2. The average Bonchev–Trinajstić information content (AvgIpc) is 2.38. The molecule has 7 heteroatoms. The van der Waals surface area contributed by atoms with E-state index >= 15 is 0 Å². The van der Waals surface area contributed by atoms with Crippen LogP contribution in [-0.4, -0.2) is 18.4 Å². The number of nitrogens with zero attached hydrogens (tertiary/aromatic N) is 2. The van der Waals surface area contributed by atoms with E-state index < -0.39 is 10.0 Å². The number of rotatable bonds is 3. The number of hydrogen-bond acceptors (Lipinski definition) is 5. The topological polar surface area (TPSA) is 112 Å². The summed E-state index contributed by atoms with van der Waals surface area (Å²) in [5, 5.41) is 5.12. The summed E-state index contributed by atoms with van der Waals surface area (Å²) in [4.78, 5) is 8.59. The van der Waals surface area contributed by atoms with Crippen molar-refractivity contribution in [2.75, 3.05) is 5.73 Å². The van der Waals surface area contributed by atoms with Crippen LogP contribution in [0.4, 0.5) is 5.82 Å². The molecule has 0 saturated carbocycles. The lowest BCUT2D eigenvalue weighted by molar-refractivity contribution is 0.598. The number of anilines is 1. The van der Waals surface area contributed by atoms with Crippen molar-refractivity contribution >= 4 is 15.8 Å². The molecule has 0 saturated heterocycles. The molecule has 0 radical (unpaired) electrons. The Kier molecular flexibility index (Phi) is 3.74. The van der Waals surface area contributed by atoms with E-state index in [-0.39, 0.29) is 10.8 Å². The summed E-state index contributed by atoms with van der Waals surface area (Å²) >= 11 is 0. The van der Waals surface area contributed by atoms with E-state index in [4.69, 9.17) is 10.9 Å². The molecule has 1 aromatic carbocycles. The molecule has 0 bridgehead atoms. The SMILES string of the molecule is CC(C)c1nc(-c2cccc(S(N)(=O)=O)c2)cnc1N. The Morgan fingerprint density at radius 2 is 1.95 bits per heavy atom.